The van der Waals surface area contributed by atoms with Gasteiger partial charge in [0.25, 0.3) is 0 Å². The topological polar surface area (TPSA) is 50.2 Å². The molecule has 0 aliphatic heterocycles. The molecule has 5 heteroatoms. The lowest BCUT2D eigenvalue weighted by atomic mass is 9.97. The number of carboxylic acids is 1. The van der Waals surface area contributed by atoms with Gasteiger partial charge in [0, 0.05) is 21.8 Å². The maximum atomic E-state index is 10.8. The Morgan fingerprint density at radius 2 is 1.94 bits per heavy atom. The lowest BCUT2D eigenvalue weighted by Crippen LogP contribution is -2.21. The Morgan fingerprint density at radius 1 is 1.23 bits per heavy atom. The first-order chi connectivity index (χ1) is 14.5. The van der Waals surface area contributed by atoms with Crippen molar-refractivity contribution in [1.29, 1.82) is 0 Å². The SMILES string of the molecule is C/C(=C/CC/C(C)=C/c1csc(C)n1)CCCC(C)CC(C)SC(C)(C)CCC(=O)O. The summed E-state index contributed by atoms with van der Waals surface area (Å²) in [7, 11) is 0. The van der Waals surface area contributed by atoms with Gasteiger partial charge < -0.3 is 5.11 Å². The van der Waals surface area contributed by atoms with E-state index in [9.17, 15) is 4.79 Å². The van der Waals surface area contributed by atoms with E-state index >= 15 is 0 Å². The molecule has 0 radical (unpaired) electrons. The molecule has 31 heavy (non-hydrogen) atoms. The van der Waals surface area contributed by atoms with Gasteiger partial charge in [0.2, 0.25) is 0 Å². The Hall–Kier alpha value is -1.07. The maximum absolute atomic E-state index is 10.8. The first-order valence-electron chi connectivity index (χ1n) is 11.6. The van der Waals surface area contributed by atoms with E-state index in [0.717, 1.165) is 30.0 Å². The Balaban J connectivity index is 2.25. The lowest BCUT2D eigenvalue weighted by Gasteiger charge is -2.28. The van der Waals surface area contributed by atoms with Crippen LogP contribution in [-0.2, 0) is 4.79 Å². The van der Waals surface area contributed by atoms with E-state index in [1.165, 1.54) is 36.8 Å². The van der Waals surface area contributed by atoms with Gasteiger partial charge in [-0.3, -0.25) is 4.79 Å². The van der Waals surface area contributed by atoms with Crippen LogP contribution in [0.4, 0.5) is 0 Å². The molecule has 2 unspecified atom stereocenters. The number of allylic oxidation sites excluding steroid dienone is 3. The molecule has 0 saturated carbocycles. The molecular formula is C26H43NO2S2. The molecule has 0 saturated heterocycles. The van der Waals surface area contributed by atoms with Gasteiger partial charge in [0.1, 0.15) is 0 Å². The van der Waals surface area contributed by atoms with Crippen molar-refractivity contribution in [1.82, 2.24) is 4.98 Å². The molecule has 0 aliphatic rings. The van der Waals surface area contributed by atoms with Crippen LogP contribution in [-0.4, -0.2) is 26.1 Å². The van der Waals surface area contributed by atoms with Crippen LogP contribution >= 0.6 is 23.1 Å². The molecule has 1 aromatic heterocycles. The van der Waals surface area contributed by atoms with Gasteiger partial charge in [0.15, 0.2) is 0 Å². The second kappa shape index (κ2) is 14.2. The highest BCUT2D eigenvalue weighted by Crippen LogP contribution is 2.36. The molecule has 1 heterocycles. The van der Waals surface area contributed by atoms with E-state index in [2.05, 4.69) is 64.1 Å². The Bertz CT molecular complexity index is 734. The Labute approximate surface area is 198 Å². The van der Waals surface area contributed by atoms with Gasteiger partial charge in [-0.2, -0.15) is 11.8 Å². The van der Waals surface area contributed by atoms with E-state index < -0.39 is 5.97 Å². The minimum Gasteiger partial charge on any atom is -0.481 e. The second-order valence-electron chi connectivity index (χ2n) is 9.69. The summed E-state index contributed by atoms with van der Waals surface area (Å²) in [6, 6.07) is 0. The van der Waals surface area contributed by atoms with Crippen molar-refractivity contribution >= 4 is 35.1 Å². The number of aromatic nitrogens is 1. The number of rotatable bonds is 15. The van der Waals surface area contributed by atoms with E-state index in [-0.39, 0.29) is 11.2 Å². The Morgan fingerprint density at radius 3 is 2.55 bits per heavy atom. The third-order valence-electron chi connectivity index (χ3n) is 5.53. The number of carbonyl (C=O) groups is 1. The molecule has 2 atom stereocenters. The first kappa shape index (κ1) is 28.0. The van der Waals surface area contributed by atoms with Crippen LogP contribution in [0.1, 0.15) is 104 Å². The first-order valence-corrected chi connectivity index (χ1v) is 13.4. The zero-order chi connectivity index (χ0) is 23.4. The van der Waals surface area contributed by atoms with Crippen molar-refractivity contribution in [2.24, 2.45) is 5.92 Å². The van der Waals surface area contributed by atoms with Gasteiger partial charge >= 0.3 is 5.97 Å². The number of nitrogens with zero attached hydrogens (tertiary/aromatic N) is 1. The minimum absolute atomic E-state index is 0.0295. The van der Waals surface area contributed by atoms with Gasteiger partial charge in [-0.25, -0.2) is 4.98 Å². The van der Waals surface area contributed by atoms with Crippen LogP contribution in [0.3, 0.4) is 0 Å². The van der Waals surface area contributed by atoms with Crippen molar-refractivity contribution in [2.45, 2.75) is 110 Å². The number of aliphatic carboxylic acids is 1. The van der Waals surface area contributed by atoms with E-state index in [0.29, 0.717) is 11.2 Å². The molecule has 0 aromatic carbocycles. The maximum Gasteiger partial charge on any atom is 0.303 e. The largest absolute Gasteiger partial charge is 0.481 e. The molecule has 0 aliphatic carbocycles. The monoisotopic (exact) mass is 465 g/mol. The molecule has 3 nitrogen and oxygen atoms in total. The minimum atomic E-state index is -0.696. The molecule has 0 amide bonds. The molecule has 0 bridgehead atoms. The van der Waals surface area contributed by atoms with Crippen LogP contribution < -0.4 is 0 Å². The second-order valence-corrected chi connectivity index (χ2v) is 12.9. The average Bonchev–Trinajstić information content (AvgIpc) is 3.04. The fraction of sp³-hybridized carbons (Fsp3) is 0.692. The normalized spacial score (nSPS) is 15.2. The molecule has 0 fully saturated rings. The fourth-order valence-corrected chi connectivity index (χ4v) is 6.20. The predicted octanol–water partition coefficient (Wildman–Crippen LogP) is 8.54. The molecule has 0 spiro atoms. The van der Waals surface area contributed by atoms with Crippen molar-refractivity contribution in [3.8, 4) is 0 Å². The summed E-state index contributed by atoms with van der Waals surface area (Å²) in [5.74, 6) is 0.0103. The number of hydrogen-bond acceptors (Lipinski definition) is 4. The fourth-order valence-electron chi connectivity index (χ4n) is 3.89. The highest BCUT2D eigenvalue weighted by molar-refractivity contribution is 8.01. The molecule has 1 N–H and O–H groups in total. The van der Waals surface area contributed by atoms with Crippen LogP contribution in [0, 0.1) is 12.8 Å². The van der Waals surface area contributed by atoms with Gasteiger partial charge in [0.05, 0.1) is 10.7 Å². The van der Waals surface area contributed by atoms with Crippen LogP contribution in [0.5, 0.6) is 0 Å². The molecule has 1 aromatic rings. The number of hydrogen-bond donors (Lipinski definition) is 1. The number of thiazole rings is 1. The summed E-state index contributed by atoms with van der Waals surface area (Å²) in [5, 5.41) is 12.7. The summed E-state index contributed by atoms with van der Waals surface area (Å²) in [5.41, 5.74) is 3.98. The molecule has 1 rings (SSSR count). The van der Waals surface area contributed by atoms with E-state index in [4.69, 9.17) is 5.11 Å². The van der Waals surface area contributed by atoms with E-state index in [1.54, 1.807) is 11.3 Å². The van der Waals surface area contributed by atoms with Crippen LogP contribution in [0.25, 0.3) is 6.08 Å². The van der Waals surface area contributed by atoms with Gasteiger partial charge in [-0.15, -0.1) is 11.3 Å². The highest BCUT2D eigenvalue weighted by atomic mass is 32.2. The van der Waals surface area contributed by atoms with Crippen LogP contribution in [0.15, 0.2) is 22.6 Å². The van der Waals surface area contributed by atoms with Crippen molar-refractivity contribution < 1.29 is 9.90 Å². The third kappa shape index (κ3) is 13.8. The van der Waals surface area contributed by atoms with Crippen LogP contribution in [0.2, 0.25) is 0 Å². The molecular weight excluding hydrogens is 422 g/mol. The zero-order valence-electron chi connectivity index (χ0n) is 20.7. The van der Waals surface area contributed by atoms with Crippen molar-refractivity contribution in [3.05, 3.63) is 33.3 Å². The average molecular weight is 466 g/mol. The third-order valence-corrected chi connectivity index (χ3v) is 7.75. The smallest absolute Gasteiger partial charge is 0.303 e. The Kier molecular flexibility index (Phi) is 12.8. The summed E-state index contributed by atoms with van der Waals surface area (Å²) in [6.45, 7) is 15.5. The quantitative estimate of drug-likeness (QED) is 0.264. The van der Waals surface area contributed by atoms with Gasteiger partial charge in [-0.1, -0.05) is 51.3 Å². The summed E-state index contributed by atoms with van der Waals surface area (Å²) >= 11 is 3.65. The zero-order valence-corrected chi connectivity index (χ0v) is 22.3. The predicted molar refractivity (Wildman–Crippen MR) is 139 cm³/mol. The van der Waals surface area contributed by atoms with E-state index in [1.807, 2.05) is 18.7 Å². The van der Waals surface area contributed by atoms with Gasteiger partial charge in [-0.05, 0) is 71.3 Å². The van der Waals surface area contributed by atoms with Crippen molar-refractivity contribution in [2.75, 3.05) is 0 Å². The standard InChI is InChI=1S/C26H43NO2S2/c1-19(11-9-13-21(3)17-24-18-30-23(5)27-24)10-8-12-20(2)16-22(4)31-26(6,7)15-14-25(28)29/h11,17-18,20,22H,8-10,12-16H2,1-7H3,(H,28,29)/b19-11-,21-17+. The summed E-state index contributed by atoms with van der Waals surface area (Å²) in [4.78, 5) is 15.3. The number of aryl methyl sites for hydroxylation is 1. The highest BCUT2D eigenvalue weighted by Gasteiger charge is 2.23. The molecule has 176 valence electrons. The summed E-state index contributed by atoms with van der Waals surface area (Å²) in [6.07, 6.45) is 12.7. The van der Waals surface area contributed by atoms with Crippen molar-refractivity contribution in [3.63, 3.8) is 0 Å². The summed E-state index contributed by atoms with van der Waals surface area (Å²) < 4.78 is 0.0295. The number of thioether (sulfide) groups is 1. The lowest BCUT2D eigenvalue weighted by molar-refractivity contribution is -0.137. The number of carboxylic acid groups (broad SMARTS) is 1.